The summed E-state index contributed by atoms with van der Waals surface area (Å²) in [6.07, 6.45) is 63.1. The average Bonchev–Trinajstić information content (AvgIpc) is 3.32. The molecule has 0 radical (unpaired) electrons. The van der Waals surface area contributed by atoms with Crippen LogP contribution < -0.4 is 10.2 Å². The van der Waals surface area contributed by atoms with Gasteiger partial charge in [-0.2, -0.15) is 0 Å². The minimum absolute atomic E-state index is 0.0366. The van der Waals surface area contributed by atoms with Gasteiger partial charge in [0.2, 0.25) is 5.91 Å². The van der Waals surface area contributed by atoms with Gasteiger partial charge in [-0.1, -0.05) is 242 Å². The Bertz CT molecular complexity index is 1430. The Morgan fingerprint density at radius 3 is 1.37 bits per heavy atom. The van der Waals surface area contributed by atoms with Crippen LogP contribution in [0.4, 0.5) is 0 Å². The van der Waals surface area contributed by atoms with E-state index >= 15 is 0 Å². The number of likely N-dealkylation sites (N-methyl/N-ethyl adjacent to an activating group) is 1. The Balaban J connectivity index is 5.48. The third-order valence-electron chi connectivity index (χ3n) is 12.4. The number of phosphoric ester groups is 1. The van der Waals surface area contributed by atoms with Crippen molar-refractivity contribution in [3.8, 4) is 0 Å². The highest BCUT2D eigenvalue weighted by Gasteiger charge is 2.27. The largest absolute Gasteiger partial charge is 0.756 e. The Morgan fingerprint density at radius 2 is 0.929 bits per heavy atom. The van der Waals surface area contributed by atoms with E-state index in [0.717, 1.165) is 70.6 Å². The number of hydrogen-bond acceptors (Lipinski definition) is 7. The highest BCUT2D eigenvalue weighted by molar-refractivity contribution is 7.45. The van der Waals surface area contributed by atoms with Crippen LogP contribution in [0.1, 0.15) is 245 Å². The molecule has 70 heavy (non-hydrogen) atoms. The van der Waals surface area contributed by atoms with Gasteiger partial charge in [0.1, 0.15) is 19.3 Å². The van der Waals surface area contributed by atoms with E-state index in [-0.39, 0.29) is 31.3 Å². The Labute approximate surface area is 432 Å². The summed E-state index contributed by atoms with van der Waals surface area (Å²) in [5.41, 5.74) is 0. The van der Waals surface area contributed by atoms with Gasteiger partial charge in [0.05, 0.1) is 33.8 Å². The summed E-state index contributed by atoms with van der Waals surface area (Å²) in [6, 6.07) is -0.927. The number of carbonyl (C=O) groups is 2. The molecule has 0 aromatic carbocycles. The molecule has 9 nitrogen and oxygen atoms in total. The topological polar surface area (TPSA) is 114 Å². The lowest BCUT2D eigenvalue weighted by molar-refractivity contribution is -0.870. The third kappa shape index (κ3) is 50.4. The van der Waals surface area contributed by atoms with Crippen LogP contribution in [0.2, 0.25) is 0 Å². The van der Waals surface area contributed by atoms with Crippen molar-refractivity contribution in [2.24, 2.45) is 0 Å². The number of amides is 1. The number of unbranched alkanes of at least 4 members (excludes halogenated alkanes) is 25. The number of hydrogen-bond donors (Lipinski definition) is 1. The molecule has 0 spiro atoms. The molecule has 0 fully saturated rings. The van der Waals surface area contributed by atoms with Crippen LogP contribution in [0.25, 0.3) is 0 Å². The quantitative estimate of drug-likeness (QED) is 0.0212. The molecular weight excluding hydrogens is 892 g/mol. The zero-order valence-electron chi connectivity index (χ0n) is 46.2. The lowest BCUT2D eigenvalue weighted by Gasteiger charge is -2.30. The molecule has 0 aromatic rings. The minimum Gasteiger partial charge on any atom is -0.756 e. The van der Waals surface area contributed by atoms with Gasteiger partial charge >= 0.3 is 5.97 Å². The predicted octanol–water partition coefficient (Wildman–Crippen LogP) is 16.6. The number of allylic oxidation sites excluding steroid dienone is 11. The second kappa shape index (κ2) is 50.0. The highest BCUT2D eigenvalue weighted by Crippen LogP contribution is 2.38. The van der Waals surface area contributed by atoms with Crippen LogP contribution in [-0.4, -0.2) is 69.4 Å². The van der Waals surface area contributed by atoms with Gasteiger partial charge in [-0.3, -0.25) is 14.2 Å². The van der Waals surface area contributed by atoms with Crippen molar-refractivity contribution in [1.29, 1.82) is 0 Å². The van der Waals surface area contributed by atoms with Gasteiger partial charge in [0.15, 0.2) is 0 Å². The van der Waals surface area contributed by atoms with Gasteiger partial charge < -0.3 is 28.5 Å². The fourth-order valence-corrected chi connectivity index (χ4v) is 8.70. The smallest absolute Gasteiger partial charge is 0.306 e. The molecular formula is C60H109N2O7P. The van der Waals surface area contributed by atoms with Crippen LogP contribution in [-0.2, 0) is 27.9 Å². The predicted molar refractivity (Wildman–Crippen MR) is 298 cm³/mol. The molecule has 0 saturated carbocycles. The molecule has 1 amide bonds. The molecule has 0 aliphatic heterocycles. The second-order valence-electron chi connectivity index (χ2n) is 20.4. The first-order chi connectivity index (χ1) is 33.9. The number of nitrogens with one attached hydrogen (secondary N) is 1. The van der Waals surface area contributed by atoms with Crippen LogP contribution in [0.3, 0.4) is 0 Å². The fourth-order valence-electron chi connectivity index (χ4n) is 7.98. The number of phosphoric acid groups is 1. The SMILES string of the molecule is CC/C=C/C/C=C/C/C=C/C/C=C/C/C=C/CCC(=O)NC(COP(=O)([O-])OCC[N+](C)(C)C)C(/C=C/CCCCCCCCCCCCC)OC(=O)CCCCCCCCCCCCCCCCC. The summed E-state index contributed by atoms with van der Waals surface area (Å²) < 4.78 is 30.2. The van der Waals surface area contributed by atoms with E-state index in [9.17, 15) is 19.0 Å². The van der Waals surface area contributed by atoms with Gasteiger partial charge in [0.25, 0.3) is 7.82 Å². The van der Waals surface area contributed by atoms with E-state index in [2.05, 4.69) is 74.7 Å². The second-order valence-corrected chi connectivity index (χ2v) is 21.8. The standard InChI is InChI=1S/C60H109N2O7P/c1-7-10-13-16-19-22-25-28-30-32-34-37-40-43-46-49-52-59(63)61-57(56-68-70(65,66)67-55-54-62(4,5)6)58(51-48-45-42-39-36-33-27-24-21-18-15-12-9-3)69-60(64)53-50-47-44-41-38-35-31-29-26-23-20-17-14-11-8-2/h10,13,19,22,28,30,34,37,43,46,48,51,57-58H,7-9,11-12,14-18,20-21,23-27,29,31-33,35-36,38-42,44-45,47,49-50,52-56H2,1-6H3,(H-,61,63,65,66)/b13-10+,22-19+,30-28+,37-34+,46-43+,51-48+. The molecule has 0 rings (SSSR count). The molecule has 3 atom stereocenters. The first kappa shape index (κ1) is 67.5. The summed E-state index contributed by atoms with van der Waals surface area (Å²) in [5, 5.41) is 2.97. The van der Waals surface area contributed by atoms with Crippen molar-refractivity contribution in [2.45, 2.75) is 258 Å². The van der Waals surface area contributed by atoms with Crippen molar-refractivity contribution in [1.82, 2.24) is 5.32 Å². The lowest BCUT2D eigenvalue weighted by atomic mass is 10.0. The highest BCUT2D eigenvalue weighted by atomic mass is 31.2. The normalized spacial score (nSPS) is 14.3. The maximum absolute atomic E-state index is 13.4. The molecule has 0 heterocycles. The van der Waals surface area contributed by atoms with Crippen LogP contribution in [0.5, 0.6) is 0 Å². The maximum atomic E-state index is 13.4. The van der Waals surface area contributed by atoms with Crippen molar-refractivity contribution >= 4 is 19.7 Å². The molecule has 0 aliphatic carbocycles. The molecule has 10 heteroatoms. The molecule has 0 bridgehead atoms. The minimum atomic E-state index is -4.71. The zero-order valence-corrected chi connectivity index (χ0v) is 47.1. The maximum Gasteiger partial charge on any atom is 0.306 e. The fraction of sp³-hybridized carbons (Fsp3) is 0.767. The van der Waals surface area contributed by atoms with Gasteiger partial charge in [-0.05, 0) is 63.9 Å². The van der Waals surface area contributed by atoms with E-state index in [0.29, 0.717) is 17.4 Å². The average molecular weight is 1000 g/mol. The zero-order chi connectivity index (χ0) is 51.5. The van der Waals surface area contributed by atoms with E-state index < -0.39 is 26.6 Å². The summed E-state index contributed by atoms with van der Waals surface area (Å²) in [5.74, 6) is -0.634. The lowest BCUT2D eigenvalue weighted by Crippen LogP contribution is -2.47. The number of quaternary nitrogens is 1. The molecule has 0 aromatic heterocycles. The van der Waals surface area contributed by atoms with Crippen molar-refractivity contribution in [3.63, 3.8) is 0 Å². The molecule has 0 saturated heterocycles. The van der Waals surface area contributed by atoms with E-state index in [4.69, 9.17) is 13.8 Å². The number of rotatable bonds is 51. The monoisotopic (exact) mass is 1000 g/mol. The number of ether oxygens (including phenoxy) is 1. The molecule has 3 unspecified atom stereocenters. The van der Waals surface area contributed by atoms with Crippen LogP contribution >= 0.6 is 7.82 Å². The summed E-state index contributed by atoms with van der Waals surface area (Å²) >= 11 is 0. The summed E-state index contributed by atoms with van der Waals surface area (Å²) in [7, 11) is 1.14. The van der Waals surface area contributed by atoms with Gasteiger partial charge in [-0.15, -0.1) is 0 Å². The number of esters is 1. The Morgan fingerprint density at radius 1 is 0.514 bits per heavy atom. The molecule has 1 N–H and O–H groups in total. The third-order valence-corrected chi connectivity index (χ3v) is 13.4. The number of carbonyl (C=O) groups excluding carboxylic acids is 2. The van der Waals surface area contributed by atoms with Gasteiger partial charge in [-0.25, -0.2) is 0 Å². The number of nitrogens with zero attached hydrogens (tertiary/aromatic N) is 1. The summed E-state index contributed by atoms with van der Waals surface area (Å²) in [4.78, 5) is 39.8. The molecule has 0 aliphatic rings. The van der Waals surface area contributed by atoms with E-state index in [1.54, 1.807) is 0 Å². The summed E-state index contributed by atoms with van der Waals surface area (Å²) in [6.45, 7) is 6.67. The van der Waals surface area contributed by atoms with Gasteiger partial charge in [0, 0.05) is 12.8 Å². The van der Waals surface area contributed by atoms with Crippen LogP contribution in [0.15, 0.2) is 72.9 Å². The Kier molecular flexibility index (Phi) is 48.2. The van der Waals surface area contributed by atoms with E-state index in [1.165, 1.54) is 135 Å². The molecule has 406 valence electrons. The Hall–Kier alpha value is -2.55. The van der Waals surface area contributed by atoms with Crippen molar-refractivity contribution < 1.29 is 37.3 Å². The first-order valence-electron chi connectivity index (χ1n) is 28.7. The van der Waals surface area contributed by atoms with Crippen LogP contribution in [0, 0.1) is 0 Å². The van der Waals surface area contributed by atoms with E-state index in [1.807, 2.05) is 45.4 Å². The van der Waals surface area contributed by atoms with Crippen molar-refractivity contribution in [2.75, 3.05) is 40.9 Å². The first-order valence-corrected chi connectivity index (χ1v) is 30.2. The van der Waals surface area contributed by atoms with Crippen molar-refractivity contribution in [3.05, 3.63) is 72.9 Å².